The predicted octanol–water partition coefficient (Wildman–Crippen LogP) is 3.02. The van der Waals surface area contributed by atoms with Gasteiger partial charge in [0.15, 0.2) is 0 Å². The number of piperidine rings is 1. The molecule has 1 aromatic rings. The Morgan fingerprint density at radius 1 is 1.15 bits per heavy atom. The van der Waals surface area contributed by atoms with Gasteiger partial charge in [-0.3, -0.25) is 16.2 Å². The lowest BCUT2D eigenvalue weighted by atomic mass is 9.85. The number of hydrazine groups is 1. The number of rotatable bonds is 5. The topological polar surface area (TPSA) is 41.3 Å². The molecule has 2 rings (SSSR count). The molecule has 0 saturated carbocycles. The molecule has 0 aromatic heterocycles. The number of likely N-dealkylation sites (tertiary alicyclic amines) is 1. The summed E-state index contributed by atoms with van der Waals surface area (Å²) in [6.07, 6.45) is 5.04. The van der Waals surface area contributed by atoms with Gasteiger partial charge in [-0.15, -0.1) is 0 Å². The number of hydrogen-bond acceptors (Lipinski definition) is 3. The third-order valence-corrected chi connectivity index (χ3v) is 4.77. The molecule has 0 amide bonds. The predicted molar refractivity (Wildman–Crippen MR) is 85.4 cm³/mol. The second-order valence-corrected chi connectivity index (χ2v) is 6.40. The molecule has 3 N–H and O–H groups in total. The number of nitrogens with one attached hydrogen (secondary N) is 1. The molecule has 0 spiro atoms. The molecule has 3 nitrogen and oxygen atoms in total. The van der Waals surface area contributed by atoms with Gasteiger partial charge in [0.2, 0.25) is 0 Å². The van der Waals surface area contributed by atoms with Crippen molar-refractivity contribution in [2.24, 2.45) is 5.84 Å². The highest BCUT2D eigenvalue weighted by Crippen LogP contribution is 2.32. The molecule has 1 saturated heterocycles. The summed E-state index contributed by atoms with van der Waals surface area (Å²) in [5, 5.41) is 0. The zero-order chi connectivity index (χ0) is 14.6. The summed E-state index contributed by atoms with van der Waals surface area (Å²) in [6, 6.07) is 9.02. The minimum absolute atomic E-state index is 0.0307. The number of aryl methyl sites for hydroxylation is 1. The van der Waals surface area contributed by atoms with Crippen molar-refractivity contribution in [3.8, 4) is 0 Å². The van der Waals surface area contributed by atoms with Gasteiger partial charge in [-0.05, 0) is 57.3 Å². The minimum Gasteiger partial charge on any atom is -0.296 e. The van der Waals surface area contributed by atoms with Crippen LogP contribution in [0, 0.1) is 0 Å². The van der Waals surface area contributed by atoms with Crippen LogP contribution in [0.5, 0.6) is 0 Å². The molecule has 1 unspecified atom stereocenters. The molecular weight excluding hydrogens is 246 g/mol. The maximum atomic E-state index is 5.89. The molecule has 0 aliphatic carbocycles. The number of nitrogens with zero attached hydrogens (tertiary/aromatic N) is 1. The third-order valence-electron chi connectivity index (χ3n) is 4.77. The van der Waals surface area contributed by atoms with E-state index in [0.717, 1.165) is 6.42 Å². The van der Waals surface area contributed by atoms with Crippen LogP contribution in [0.1, 0.15) is 57.2 Å². The van der Waals surface area contributed by atoms with E-state index in [2.05, 4.69) is 55.4 Å². The third kappa shape index (κ3) is 3.22. The first kappa shape index (κ1) is 15.5. The smallest absolute Gasteiger partial charge is 0.0638 e. The van der Waals surface area contributed by atoms with Gasteiger partial charge >= 0.3 is 0 Å². The molecule has 112 valence electrons. The Hall–Kier alpha value is -0.900. The minimum atomic E-state index is 0.0307. The largest absolute Gasteiger partial charge is 0.296 e. The van der Waals surface area contributed by atoms with Crippen LogP contribution < -0.4 is 11.3 Å². The van der Waals surface area contributed by atoms with E-state index in [9.17, 15) is 0 Å². The van der Waals surface area contributed by atoms with Crippen LogP contribution in [0.4, 0.5) is 0 Å². The molecule has 20 heavy (non-hydrogen) atoms. The SMILES string of the molecule is CCc1ccc(C(NN)C(C)(C)N2CCCCC2)cc1. The fourth-order valence-corrected chi connectivity index (χ4v) is 3.31. The van der Waals surface area contributed by atoms with Crippen molar-refractivity contribution in [3.63, 3.8) is 0 Å². The van der Waals surface area contributed by atoms with Gasteiger partial charge < -0.3 is 0 Å². The van der Waals surface area contributed by atoms with Crippen LogP contribution in [-0.4, -0.2) is 23.5 Å². The van der Waals surface area contributed by atoms with E-state index in [1.807, 2.05) is 0 Å². The van der Waals surface area contributed by atoms with E-state index < -0.39 is 0 Å². The molecule has 1 aromatic carbocycles. The Labute approximate surface area is 123 Å². The molecule has 0 radical (unpaired) electrons. The van der Waals surface area contributed by atoms with Crippen molar-refractivity contribution in [3.05, 3.63) is 35.4 Å². The van der Waals surface area contributed by atoms with Crippen LogP contribution in [-0.2, 0) is 6.42 Å². The van der Waals surface area contributed by atoms with Crippen LogP contribution in [0.2, 0.25) is 0 Å². The van der Waals surface area contributed by atoms with Gasteiger partial charge in [0.25, 0.3) is 0 Å². The fourth-order valence-electron chi connectivity index (χ4n) is 3.31. The maximum absolute atomic E-state index is 5.89. The normalized spacial score (nSPS) is 19.0. The van der Waals surface area contributed by atoms with Crippen molar-refractivity contribution >= 4 is 0 Å². The molecule has 0 bridgehead atoms. The first-order valence-corrected chi connectivity index (χ1v) is 7.89. The summed E-state index contributed by atoms with van der Waals surface area (Å²) in [5.74, 6) is 5.89. The highest BCUT2D eigenvalue weighted by atomic mass is 15.3. The highest BCUT2D eigenvalue weighted by molar-refractivity contribution is 5.27. The van der Waals surface area contributed by atoms with E-state index in [-0.39, 0.29) is 11.6 Å². The van der Waals surface area contributed by atoms with Crippen LogP contribution in [0.25, 0.3) is 0 Å². The van der Waals surface area contributed by atoms with Crippen molar-refractivity contribution in [1.82, 2.24) is 10.3 Å². The summed E-state index contributed by atoms with van der Waals surface area (Å²) >= 11 is 0. The summed E-state index contributed by atoms with van der Waals surface area (Å²) in [5.41, 5.74) is 5.74. The average Bonchev–Trinajstić information content (AvgIpc) is 2.49. The Morgan fingerprint density at radius 3 is 2.25 bits per heavy atom. The monoisotopic (exact) mass is 275 g/mol. The molecule has 1 aliphatic heterocycles. The van der Waals surface area contributed by atoms with Gasteiger partial charge in [0.05, 0.1) is 6.04 Å². The summed E-state index contributed by atoms with van der Waals surface area (Å²) in [4.78, 5) is 2.58. The fraction of sp³-hybridized carbons (Fsp3) is 0.647. The zero-order valence-electron chi connectivity index (χ0n) is 13.2. The molecule has 3 heteroatoms. The first-order valence-electron chi connectivity index (χ1n) is 7.89. The van der Waals surface area contributed by atoms with Crippen LogP contribution in [0.15, 0.2) is 24.3 Å². The Kier molecular flexibility index (Phi) is 5.19. The summed E-state index contributed by atoms with van der Waals surface area (Å²) in [6.45, 7) is 9.15. The average molecular weight is 275 g/mol. The van der Waals surface area contributed by atoms with Gasteiger partial charge in [0, 0.05) is 5.54 Å². The highest BCUT2D eigenvalue weighted by Gasteiger charge is 2.36. The molecule has 1 heterocycles. The van der Waals surface area contributed by atoms with E-state index >= 15 is 0 Å². The second kappa shape index (κ2) is 6.70. The molecule has 1 fully saturated rings. The molecule has 1 atom stereocenters. The Bertz CT molecular complexity index is 405. The van der Waals surface area contributed by atoms with E-state index in [0.29, 0.717) is 0 Å². The summed E-state index contributed by atoms with van der Waals surface area (Å²) in [7, 11) is 0. The zero-order valence-corrected chi connectivity index (χ0v) is 13.2. The quantitative estimate of drug-likeness (QED) is 0.641. The van der Waals surface area contributed by atoms with Crippen LogP contribution >= 0.6 is 0 Å². The number of benzene rings is 1. The lowest BCUT2D eigenvalue weighted by molar-refractivity contribution is 0.0608. The lowest BCUT2D eigenvalue weighted by Crippen LogP contribution is -2.55. The lowest BCUT2D eigenvalue weighted by Gasteiger charge is -2.46. The van der Waals surface area contributed by atoms with Gasteiger partial charge in [-0.2, -0.15) is 0 Å². The number of nitrogens with two attached hydrogens (primary N) is 1. The summed E-state index contributed by atoms with van der Waals surface area (Å²) < 4.78 is 0. The maximum Gasteiger partial charge on any atom is 0.0638 e. The first-order chi connectivity index (χ1) is 9.59. The van der Waals surface area contributed by atoms with Crippen molar-refractivity contribution in [2.75, 3.05) is 13.1 Å². The van der Waals surface area contributed by atoms with E-state index in [1.165, 1.54) is 43.5 Å². The Balaban J connectivity index is 2.20. The van der Waals surface area contributed by atoms with Gasteiger partial charge in [-0.25, -0.2) is 0 Å². The standard InChI is InChI=1S/C17H29N3/c1-4-14-8-10-15(11-9-14)16(19-18)17(2,3)20-12-6-5-7-13-20/h8-11,16,19H,4-7,12-13,18H2,1-3H3. The van der Waals surface area contributed by atoms with Crippen LogP contribution in [0.3, 0.4) is 0 Å². The second-order valence-electron chi connectivity index (χ2n) is 6.40. The van der Waals surface area contributed by atoms with Crippen molar-refractivity contribution in [1.29, 1.82) is 0 Å². The Morgan fingerprint density at radius 2 is 1.75 bits per heavy atom. The van der Waals surface area contributed by atoms with Crippen molar-refractivity contribution in [2.45, 2.75) is 58.0 Å². The number of hydrogen-bond donors (Lipinski definition) is 2. The van der Waals surface area contributed by atoms with Crippen molar-refractivity contribution < 1.29 is 0 Å². The molecule has 1 aliphatic rings. The van der Waals surface area contributed by atoms with Gasteiger partial charge in [-0.1, -0.05) is 37.6 Å². The van der Waals surface area contributed by atoms with E-state index in [1.54, 1.807) is 0 Å². The van der Waals surface area contributed by atoms with Gasteiger partial charge in [0.1, 0.15) is 0 Å². The molecular formula is C17H29N3. The van der Waals surface area contributed by atoms with E-state index in [4.69, 9.17) is 5.84 Å².